The standard InChI is InChI=1S/C19H21N3O3S/c23-17(12-21-19(25)15-8-11-26-13-15)20-9-7-18(24)22-10-3-5-14-4-1-2-6-16(14)22/h1-2,4,6,8,11,13H,3,5,7,9-10,12H2,(H,20,23)(H,21,25). The molecule has 0 atom stereocenters. The zero-order chi connectivity index (χ0) is 18.4. The van der Waals surface area contributed by atoms with E-state index in [1.807, 2.05) is 24.3 Å². The van der Waals surface area contributed by atoms with Gasteiger partial charge >= 0.3 is 0 Å². The van der Waals surface area contributed by atoms with E-state index in [0.29, 0.717) is 12.1 Å². The molecule has 2 aromatic rings. The minimum atomic E-state index is -0.305. The van der Waals surface area contributed by atoms with Gasteiger partial charge in [0.15, 0.2) is 0 Å². The van der Waals surface area contributed by atoms with Gasteiger partial charge in [0.1, 0.15) is 0 Å². The van der Waals surface area contributed by atoms with Gasteiger partial charge in [-0.1, -0.05) is 18.2 Å². The van der Waals surface area contributed by atoms with Gasteiger partial charge in [-0.05, 0) is 35.9 Å². The zero-order valence-corrected chi connectivity index (χ0v) is 15.2. The highest BCUT2D eigenvalue weighted by Crippen LogP contribution is 2.26. The maximum absolute atomic E-state index is 12.5. The van der Waals surface area contributed by atoms with Crippen molar-refractivity contribution in [1.82, 2.24) is 10.6 Å². The number of benzene rings is 1. The Bertz CT molecular complexity index is 789. The first-order chi connectivity index (χ1) is 12.6. The van der Waals surface area contributed by atoms with E-state index >= 15 is 0 Å². The Morgan fingerprint density at radius 3 is 2.77 bits per heavy atom. The van der Waals surface area contributed by atoms with E-state index in [1.54, 1.807) is 21.7 Å². The van der Waals surface area contributed by atoms with Crippen LogP contribution in [0.4, 0.5) is 5.69 Å². The summed E-state index contributed by atoms with van der Waals surface area (Å²) in [5, 5.41) is 8.77. The monoisotopic (exact) mass is 371 g/mol. The Hall–Kier alpha value is -2.67. The van der Waals surface area contributed by atoms with Gasteiger partial charge in [0, 0.05) is 36.1 Å². The molecule has 2 heterocycles. The number of anilines is 1. The lowest BCUT2D eigenvalue weighted by molar-refractivity contribution is -0.120. The summed E-state index contributed by atoms with van der Waals surface area (Å²) in [7, 11) is 0. The number of carbonyl (C=O) groups is 3. The Kier molecular flexibility index (Phi) is 6.01. The van der Waals surface area contributed by atoms with Crippen molar-refractivity contribution in [3.8, 4) is 0 Å². The second-order valence-corrected chi connectivity index (χ2v) is 6.85. The SMILES string of the molecule is O=C(CNC(=O)c1ccsc1)NCCC(=O)N1CCCc2ccccc21. The van der Waals surface area contributed by atoms with Gasteiger partial charge in [0.05, 0.1) is 6.54 Å². The third kappa shape index (κ3) is 4.49. The summed E-state index contributed by atoms with van der Waals surface area (Å²) in [4.78, 5) is 37.9. The van der Waals surface area contributed by atoms with Gasteiger partial charge in [-0.2, -0.15) is 11.3 Å². The number of nitrogens with zero attached hydrogens (tertiary/aromatic N) is 1. The van der Waals surface area contributed by atoms with Crippen LogP contribution in [0.3, 0.4) is 0 Å². The lowest BCUT2D eigenvalue weighted by Gasteiger charge is -2.29. The highest BCUT2D eigenvalue weighted by Gasteiger charge is 2.21. The third-order valence-corrected chi connectivity index (χ3v) is 4.95. The number of nitrogens with one attached hydrogen (secondary N) is 2. The third-order valence-electron chi connectivity index (χ3n) is 4.27. The largest absolute Gasteiger partial charge is 0.354 e. The fourth-order valence-corrected chi connectivity index (χ4v) is 3.59. The Balaban J connectivity index is 1.41. The summed E-state index contributed by atoms with van der Waals surface area (Å²) < 4.78 is 0. The molecule has 3 amide bonds. The molecule has 0 saturated heterocycles. The van der Waals surface area contributed by atoms with E-state index in [0.717, 1.165) is 18.5 Å². The van der Waals surface area contributed by atoms with Crippen molar-refractivity contribution in [2.24, 2.45) is 0 Å². The molecule has 1 aliphatic rings. The van der Waals surface area contributed by atoms with Gasteiger partial charge < -0.3 is 15.5 Å². The molecule has 1 aromatic heterocycles. The highest BCUT2D eigenvalue weighted by atomic mass is 32.1. The van der Waals surface area contributed by atoms with Crippen molar-refractivity contribution in [3.05, 3.63) is 52.2 Å². The fourth-order valence-electron chi connectivity index (χ4n) is 2.96. The molecule has 1 aliphatic heterocycles. The summed E-state index contributed by atoms with van der Waals surface area (Å²) in [6.45, 7) is 0.862. The molecule has 0 bridgehead atoms. The van der Waals surface area contributed by atoms with Crippen molar-refractivity contribution in [2.75, 3.05) is 24.5 Å². The van der Waals surface area contributed by atoms with Crippen molar-refractivity contribution in [2.45, 2.75) is 19.3 Å². The van der Waals surface area contributed by atoms with Crippen LogP contribution in [0.25, 0.3) is 0 Å². The molecular formula is C19H21N3O3S. The van der Waals surface area contributed by atoms with Gasteiger partial charge in [0.2, 0.25) is 11.8 Å². The highest BCUT2D eigenvalue weighted by molar-refractivity contribution is 7.08. The fraction of sp³-hybridized carbons (Fsp3) is 0.316. The number of carbonyl (C=O) groups excluding carboxylic acids is 3. The van der Waals surface area contributed by atoms with Crippen LogP contribution in [0.1, 0.15) is 28.8 Å². The molecule has 0 spiro atoms. The van der Waals surface area contributed by atoms with Gasteiger partial charge in [-0.25, -0.2) is 0 Å². The summed E-state index contributed by atoms with van der Waals surface area (Å²) in [5.74, 6) is -0.581. The number of thiophene rings is 1. The molecule has 0 radical (unpaired) electrons. The first-order valence-electron chi connectivity index (χ1n) is 8.60. The number of aryl methyl sites for hydroxylation is 1. The van der Waals surface area contributed by atoms with E-state index in [1.165, 1.54) is 16.9 Å². The molecule has 26 heavy (non-hydrogen) atoms. The molecule has 0 unspecified atom stereocenters. The maximum atomic E-state index is 12.5. The zero-order valence-electron chi connectivity index (χ0n) is 14.4. The Morgan fingerprint density at radius 2 is 1.96 bits per heavy atom. The topological polar surface area (TPSA) is 78.5 Å². The van der Waals surface area contributed by atoms with Crippen LogP contribution in [0.5, 0.6) is 0 Å². The average Bonchev–Trinajstić information content (AvgIpc) is 3.20. The lowest BCUT2D eigenvalue weighted by Crippen LogP contribution is -2.40. The van der Waals surface area contributed by atoms with Crippen molar-refractivity contribution in [3.63, 3.8) is 0 Å². The molecule has 6 nitrogen and oxygen atoms in total. The van der Waals surface area contributed by atoms with E-state index in [4.69, 9.17) is 0 Å². The number of para-hydroxylation sites is 1. The van der Waals surface area contributed by atoms with E-state index in [9.17, 15) is 14.4 Å². The van der Waals surface area contributed by atoms with Crippen LogP contribution >= 0.6 is 11.3 Å². The first kappa shape index (κ1) is 18.1. The summed E-state index contributed by atoms with van der Waals surface area (Å²) in [6, 6.07) is 9.63. The number of rotatable bonds is 6. The summed E-state index contributed by atoms with van der Waals surface area (Å²) in [6.07, 6.45) is 2.17. The molecule has 1 aromatic carbocycles. The smallest absolute Gasteiger partial charge is 0.252 e. The molecule has 0 saturated carbocycles. The second kappa shape index (κ2) is 8.62. The normalized spacial score (nSPS) is 13.0. The second-order valence-electron chi connectivity index (χ2n) is 6.07. The van der Waals surface area contributed by atoms with Crippen molar-refractivity contribution < 1.29 is 14.4 Å². The summed E-state index contributed by atoms with van der Waals surface area (Å²) in [5.41, 5.74) is 2.70. The summed E-state index contributed by atoms with van der Waals surface area (Å²) >= 11 is 1.42. The average molecular weight is 371 g/mol. The minimum Gasteiger partial charge on any atom is -0.354 e. The van der Waals surface area contributed by atoms with E-state index in [-0.39, 0.29) is 37.2 Å². The van der Waals surface area contributed by atoms with Crippen LogP contribution in [0.15, 0.2) is 41.1 Å². The predicted octanol–water partition coefficient (Wildman–Crippen LogP) is 1.96. The van der Waals surface area contributed by atoms with Crippen LogP contribution in [0.2, 0.25) is 0 Å². The predicted molar refractivity (Wildman–Crippen MR) is 101 cm³/mol. The van der Waals surface area contributed by atoms with E-state index < -0.39 is 0 Å². The quantitative estimate of drug-likeness (QED) is 0.815. The number of hydrogen-bond donors (Lipinski definition) is 2. The molecule has 136 valence electrons. The molecule has 0 fully saturated rings. The van der Waals surface area contributed by atoms with Crippen LogP contribution in [-0.4, -0.2) is 37.4 Å². The van der Waals surface area contributed by atoms with Crippen LogP contribution in [-0.2, 0) is 16.0 Å². The molecule has 2 N–H and O–H groups in total. The maximum Gasteiger partial charge on any atom is 0.252 e. The lowest BCUT2D eigenvalue weighted by atomic mass is 10.0. The van der Waals surface area contributed by atoms with Crippen LogP contribution in [0, 0.1) is 0 Å². The molecular weight excluding hydrogens is 350 g/mol. The van der Waals surface area contributed by atoms with Crippen LogP contribution < -0.4 is 15.5 Å². The first-order valence-corrected chi connectivity index (χ1v) is 9.55. The number of fused-ring (bicyclic) bond motifs is 1. The van der Waals surface area contributed by atoms with Gasteiger partial charge in [-0.15, -0.1) is 0 Å². The van der Waals surface area contributed by atoms with Crippen molar-refractivity contribution in [1.29, 1.82) is 0 Å². The number of hydrogen-bond acceptors (Lipinski definition) is 4. The molecule has 3 rings (SSSR count). The minimum absolute atomic E-state index is 0.000223. The van der Waals surface area contributed by atoms with Gasteiger partial charge in [-0.3, -0.25) is 14.4 Å². The van der Waals surface area contributed by atoms with Crippen molar-refractivity contribution >= 4 is 34.7 Å². The Morgan fingerprint density at radius 1 is 1.12 bits per heavy atom. The number of amides is 3. The Labute approximate surface area is 156 Å². The van der Waals surface area contributed by atoms with Gasteiger partial charge in [0.25, 0.3) is 5.91 Å². The molecule has 0 aliphatic carbocycles. The molecule has 7 heteroatoms. The van der Waals surface area contributed by atoms with E-state index in [2.05, 4.69) is 10.6 Å².